The van der Waals surface area contributed by atoms with Gasteiger partial charge in [0.05, 0.1) is 0 Å². The van der Waals surface area contributed by atoms with Crippen LogP contribution < -0.4 is 5.73 Å². The van der Waals surface area contributed by atoms with Crippen molar-refractivity contribution in [3.05, 3.63) is 58.7 Å². The summed E-state index contributed by atoms with van der Waals surface area (Å²) in [5.41, 5.74) is 11.6. The molecule has 2 N–H and O–H groups in total. The normalized spacial score (nSPS) is 20.3. The maximum Gasteiger partial charge on any atom is 0.123 e. The molecule has 0 spiro atoms. The van der Waals surface area contributed by atoms with Crippen molar-refractivity contribution in [3.63, 3.8) is 0 Å². The van der Waals surface area contributed by atoms with E-state index in [4.69, 9.17) is 5.73 Å². The maximum atomic E-state index is 13.0. The third-order valence-electron chi connectivity index (χ3n) is 4.52. The molecule has 0 aliphatic heterocycles. The van der Waals surface area contributed by atoms with E-state index < -0.39 is 0 Å². The average molecular weight is 286 g/mol. The average Bonchev–Trinajstić information content (AvgIpc) is 2.69. The molecular weight excluding hydrogens is 263 g/mol. The molecule has 0 saturated carbocycles. The number of halogens is 1. The third-order valence-corrected chi connectivity index (χ3v) is 4.52. The van der Waals surface area contributed by atoms with Crippen LogP contribution in [0.15, 0.2) is 30.3 Å². The van der Waals surface area contributed by atoms with E-state index in [1.165, 1.54) is 29.1 Å². The van der Waals surface area contributed by atoms with Crippen LogP contribution in [-0.2, 0) is 13.0 Å². The molecule has 21 heavy (non-hydrogen) atoms. The summed E-state index contributed by atoms with van der Waals surface area (Å²) >= 11 is 0. The van der Waals surface area contributed by atoms with Crippen LogP contribution in [0.5, 0.6) is 0 Å². The molecule has 3 rings (SSSR count). The molecule has 2 nitrogen and oxygen atoms in total. The second-order valence-electron chi connectivity index (χ2n) is 7.05. The van der Waals surface area contributed by atoms with Gasteiger partial charge in [0.1, 0.15) is 5.82 Å². The smallest absolute Gasteiger partial charge is 0.123 e. The molecule has 112 valence electrons. The summed E-state index contributed by atoms with van der Waals surface area (Å²) in [6.45, 7) is 7.46. The van der Waals surface area contributed by atoms with Gasteiger partial charge in [0.15, 0.2) is 0 Å². The highest BCUT2D eigenvalue weighted by molar-refractivity contribution is 5.35. The zero-order valence-corrected chi connectivity index (χ0v) is 13.0. The van der Waals surface area contributed by atoms with E-state index >= 15 is 0 Å². The minimum atomic E-state index is -0.187. The fourth-order valence-corrected chi connectivity index (χ4v) is 3.50. The van der Waals surface area contributed by atoms with Gasteiger partial charge in [0, 0.05) is 24.0 Å². The summed E-state index contributed by atoms with van der Waals surface area (Å²) in [6, 6.07) is 9.10. The summed E-state index contributed by atoms with van der Waals surface area (Å²) in [6.07, 6.45) is 2.07. The Balaban J connectivity index is 1.98. The van der Waals surface area contributed by atoms with Crippen LogP contribution in [0.4, 0.5) is 4.39 Å². The lowest BCUT2D eigenvalue weighted by Crippen LogP contribution is -2.30. The van der Waals surface area contributed by atoms with Gasteiger partial charge in [0.2, 0.25) is 0 Å². The molecule has 1 aliphatic rings. The first-order valence-corrected chi connectivity index (χ1v) is 7.55. The van der Waals surface area contributed by atoms with E-state index in [-0.39, 0.29) is 17.3 Å². The van der Waals surface area contributed by atoms with E-state index in [2.05, 4.69) is 31.4 Å². The van der Waals surface area contributed by atoms with Crippen molar-refractivity contribution in [1.29, 1.82) is 0 Å². The van der Waals surface area contributed by atoms with Crippen LogP contribution in [-0.4, -0.2) is 4.57 Å². The van der Waals surface area contributed by atoms with E-state index in [9.17, 15) is 4.39 Å². The fourth-order valence-electron chi connectivity index (χ4n) is 3.50. The van der Waals surface area contributed by atoms with Gasteiger partial charge in [-0.3, -0.25) is 0 Å². The van der Waals surface area contributed by atoms with E-state index in [0.29, 0.717) is 0 Å². The Labute approximate surface area is 125 Å². The second kappa shape index (κ2) is 4.99. The number of nitrogens with zero attached hydrogens (tertiary/aromatic N) is 1. The van der Waals surface area contributed by atoms with Gasteiger partial charge >= 0.3 is 0 Å². The summed E-state index contributed by atoms with van der Waals surface area (Å²) in [7, 11) is 0. The number of hydrogen-bond acceptors (Lipinski definition) is 1. The molecule has 0 radical (unpaired) electrons. The second-order valence-corrected chi connectivity index (χ2v) is 7.05. The van der Waals surface area contributed by atoms with Gasteiger partial charge in [-0.2, -0.15) is 0 Å². The molecule has 1 atom stereocenters. The zero-order valence-electron chi connectivity index (χ0n) is 13.0. The Kier molecular flexibility index (Phi) is 3.40. The first-order chi connectivity index (χ1) is 9.85. The summed E-state index contributed by atoms with van der Waals surface area (Å²) < 4.78 is 15.4. The first-order valence-electron chi connectivity index (χ1n) is 7.55. The molecule has 1 unspecified atom stereocenters. The third kappa shape index (κ3) is 2.75. The molecule has 0 fully saturated rings. The predicted octanol–water partition coefficient (Wildman–Crippen LogP) is 3.96. The minimum absolute atomic E-state index is 0.122. The highest BCUT2D eigenvalue weighted by atomic mass is 19.1. The molecular formula is C18H23FN2. The molecule has 1 heterocycles. The van der Waals surface area contributed by atoms with Gasteiger partial charge in [-0.05, 0) is 54.5 Å². The van der Waals surface area contributed by atoms with Gasteiger partial charge in [-0.25, -0.2) is 4.39 Å². The number of fused-ring (bicyclic) bond motifs is 1. The highest BCUT2D eigenvalue weighted by Gasteiger charge is 2.33. The molecule has 3 heteroatoms. The Bertz CT molecular complexity index is 653. The number of hydrogen-bond donors (Lipinski definition) is 1. The van der Waals surface area contributed by atoms with Crippen LogP contribution in [0.2, 0.25) is 0 Å². The summed E-state index contributed by atoms with van der Waals surface area (Å²) in [5.74, 6) is -0.187. The van der Waals surface area contributed by atoms with Crippen LogP contribution >= 0.6 is 0 Å². The molecule has 0 bridgehead atoms. The number of aryl methyl sites for hydroxylation is 1. The van der Waals surface area contributed by atoms with Gasteiger partial charge < -0.3 is 10.3 Å². The van der Waals surface area contributed by atoms with Crippen molar-refractivity contribution in [1.82, 2.24) is 4.57 Å². The topological polar surface area (TPSA) is 30.9 Å². The molecule has 1 aromatic heterocycles. The summed E-state index contributed by atoms with van der Waals surface area (Å²) in [5, 5.41) is 0. The van der Waals surface area contributed by atoms with E-state index in [1.54, 1.807) is 0 Å². The van der Waals surface area contributed by atoms with E-state index in [1.807, 2.05) is 12.1 Å². The fraction of sp³-hybridized carbons (Fsp3) is 0.444. The highest BCUT2D eigenvalue weighted by Crippen LogP contribution is 2.41. The van der Waals surface area contributed by atoms with Crippen LogP contribution in [0.25, 0.3) is 0 Å². The number of nitrogens with two attached hydrogens (primary N) is 1. The number of rotatable bonds is 2. The largest absolute Gasteiger partial charge is 0.344 e. The lowest BCUT2D eigenvalue weighted by molar-refractivity contribution is 0.276. The number of aromatic nitrogens is 1. The monoisotopic (exact) mass is 286 g/mol. The first kappa shape index (κ1) is 14.3. The van der Waals surface area contributed by atoms with Gasteiger partial charge in [-0.15, -0.1) is 0 Å². The Morgan fingerprint density at radius 3 is 2.62 bits per heavy atom. The minimum Gasteiger partial charge on any atom is -0.344 e. The van der Waals surface area contributed by atoms with Crippen molar-refractivity contribution < 1.29 is 4.39 Å². The quantitative estimate of drug-likeness (QED) is 0.890. The van der Waals surface area contributed by atoms with Gasteiger partial charge in [-0.1, -0.05) is 26.0 Å². The van der Waals surface area contributed by atoms with Crippen LogP contribution in [0.3, 0.4) is 0 Å². The Hall–Kier alpha value is -1.61. The Morgan fingerprint density at radius 2 is 1.95 bits per heavy atom. The van der Waals surface area contributed by atoms with Crippen LogP contribution in [0.1, 0.15) is 48.8 Å². The molecule has 1 aliphatic carbocycles. The number of benzene rings is 1. The van der Waals surface area contributed by atoms with Gasteiger partial charge in [0.25, 0.3) is 0 Å². The summed E-state index contributed by atoms with van der Waals surface area (Å²) in [4.78, 5) is 0. The lowest BCUT2D eigenvalue weighted by atomic mass is 9.74. The SMILES string of the molecule is Cc1cc2c(n1Cc1ccc(F)cc1)CC(C)(C)CC2N. The zero-order chi connectivity index (χ0) is 15.2. The van der Waals surface area contributed by atoms with Crippen molar-refractivity contribution in [2.45, 2.75) is 46.2 Å². The molecule has 1 aromatic carbocycles. The standard InChI is InChI=1S/C18H23FN2/c1-12-8-15-16(20)9-18(2,3)10-17(15)21(12)11-13-4-6-14(19)7-5-13/h4-8,16H,9-11,20H2,1-3H3. The maximum absolute atomic E-state index is 13.0. The van der Waals surface area contributed by atoms with Crippen molar-refractivity contribution in [2.75, 3.05) is 0 Å². The predicted molar refractivity (Wildman–Crippen MR) is 83.7 cm³/mol. The lowest BCUT2D eigenvalue weighted by Gasteiger charge is -2.34. The van der Waals surface area contributed by atoms with Crippen LogP contribution in [0, 0.1) is 18.2 Å². The van der Waals surface area contributed by atoms with Crippen molar-refractivity contribution >= 4 is 0 Å². The Morgan fingerprint density at radius 1 is 1.29 bits per heavy atom. The van der Waals surface area contributed by atoms with Crippen molar-refractivity contribution in [2.24, 2.45) is 11.1 Å². The van der Waals surface area contributed by atoms with Crippen molar-refractivity contribution in [3.8, 4) is 0 Å². The molecule has 0 amide bonds. The van der Waals surface area contributed by atoms with E-state index in [0.717, 1.165) is 24.9 Å². The molecule has 2 aromatic rings. The molecule has 0 saturated heterocycles.